The molecule has 19 heavy (non-hydrogen) atoms. The highest BCUT2D eigenvalue weighted by molar-refractivity contribution is 5.78. The average Bonchev–Trinajstić information content (AvgIpc) is 2.76. The Bertz CT molecular complexity index is 574. The van der Waals surface area contributed by atoms with Crippen LogP contribution in [0.4, 0.5) is 5.95 Å². The lowest BCUT2D eigenvalue weighted by atomic mass is 9.89. The summed E-state index contributed by atoms with van der Waals surface area (Å²) < 4.78 is 7.20. The van der Waals surface area contributed by atoms with Gasteiger partial charge in [-0.15, -0.1) is 0 Å². The van der Waals surface area contributed by atoms with Gasteiger partial charge < -0.3 is 10.5 Å². The van der Waals surface area contributed by atoms with E-state index in [0.29, 0.717) is 23.3 Å². The van der Waals surface area contributed by atoms with Gasteiger partial charge in [-0.1, -0.05) is 19.3 Å². The van der Waals surface area contributed by atoms with Gasteiger partial charge in [-0.05, 0) is 18.8 Å². The van der Waals surface area contributed by atoms with Crippen LogP contribution in [0.1, 0.15) is 32.1 Å². The molecule has 0 spiro atoms. The number of hydrogen-bond donors (Lipinski definition) is 1. The summed E-state index contributed by atoms with van der Waals surface area (Å²) in [5.74, 6) is 1.66. The van der Waals surface area contributed by atoms with Crippen LogP contribution in [0.5, 0.6) is 5.88 Å². The molecule has 0 bridgehead atoms. The number of hydrogen-bond acceptors (Lipinski definition) is 5. The molecule has 0 unspecified atom stereocenters. The van der Waals surface area contributed by atoms with Crippen LogP contribution in [0.3, 0.4) is 0 Å². The molecule has 0 amide bonds. The van der Waals surface area contributed by atoms with Crippen molar-refractivity contribution in [3.05, 3.63) is 6.33 Å². The molecule has 0 radical (unpaired) electrons. The number of ether oxygens (including phenoxy) is 1. The lowest BCUT2D eigenvalue weighted by molar-refractivity contribution is 0.323. The Kier molecular flexibility index (Phi) is 3.23. The predicted octanol–water partition coefficient (Wildman–Crippen LogP) is 2.00. The second-order valence-electron chi connectivity index (χ2n) is 5.14. The van der Waals surface area contributed by atoms with Gasteiger partial charge in [0.15, 0.2) is 11.2 Å². The van der Waals surface area contributed by atoms with E-state index >= 15 is 0 Å². The van der Waals surface area contributed by atoms with E-state index in [1.54, 1.807) is 7.11 Å². The van der Waals surface area contributed by atoms with Gasteiger partial charge in [0.25, 0.3) is 0 Å². The molecule has 6 heteroatoms. The van der Waals surface area contributed by atoms with Crippen LogP contribution >= 0.6 is 0 Å². The topological polar surface area (TPSA) is 78.8 Å². The zero-order valence-corrected chi connectivity index (χ0v) is 11.2. The van der Waals surface area contributed by atoms with Crippen molar-refractivity contribution >= 4 is 17.1 Å². The number of aromatic nitrogens is 4. The summed E-state index contributed by atoms with van der Waals surface area (Å²) in [5.41, 5.74) is 7.45. The number of nitrogens with zero attached hydrogens (tertiary/aromatic N) is 4. The second-order valence-corrected chi connectivity index (χ2v) is 5.14. The predicted molar refractivity (Wildman–Crippen MR) is 72.9 cm³/mol. The smallest absolute Gasteiger partial charge is 0.245 e. The summed E-state index contributed by atoms with van der Waals surface area (Å²) in [6, 6.07) is 0. The maximum absolute atomic E-state index is 6.02. The lowest BCUT2D eigenvalue weighted by Crippen LogP contribution is -2.16. The van der Waals surface area contributed by atoms with E-state index in [0.717, 1.165) is 12.2 Å². The Morgan fingerprint density at radius 1 is 1.32 bits per heavy atom. The first-order chi connectivity index (χ1) is 9.29. The summed E-state index contributed by atoms with van der Waals surface area (Å²) in [6.45, 7) is 0.891. The maximum Gasteiger partial charge on any atom is 0.245 e. The van der Waals surface area contributed by atoms with E-state index in [1.165, 1.54) is 38.4 Å². The molecule has 2 aromatic heterocycles. The molecule has 102 valence electrons. The monoisotopic (exact) mass is 261 g/mol. The Morgan fingerprint density at radius 2 is 2.11 bits per heavy atom. The Labute approximate surface area is 112 Å². The number of nitrogens with two attached hydrogens (primary N) is 1. The van der Waals surface area contributed by atoms with Crippen molar-refractivity contribution in [2.24, 2.45) is 5.92 Å². The minimum absolute atomic E-state index is 0.485. The molecule has 0 aliphatic heterocycles. The third kappa shape index (κ3) is 2.22. The first-order valence-corrected chi connectivity index (χ1v) is 6.80. The molecule has 2 N–H and O–H groups in total. The fraction of sp³-hybridized carbons (Fsp3) is 0.615. The minimum atomic E-state index is 0.485. The molecule has 0 atom stereocenters. The molecule has 6 nitrogen and oxygen atoms in total. The molecule has 1 saturated carbocycles. The third-order valence-corrected chi connectivity index (χ3v) is 3.89. The van der Waals surface area contributed by atoms with Crippen LogP contribution in [-0.2, 0) is 6.54 Å². The average molecular weight is 261 g/mol. The van der Waals surface area contributed by atoms with Crippen molar-refractivity contribution < 1.29 is 4.74 Å². The molecule has 1 aliphatic rings. The Balaban J connectivity index is 1.96. The summed E-state index contributed by atoms with van der Waals surface area (Å²) >= 11 is 0. The van der Waals surface area contributed by atoms with Gasteiger partial charge in [-0.2, -0.15) is 4.98 Å². The van der Waals surface area contributed by atoms with E-state index in [-0.39, 0.29) is 0 Å². The highest BCUT2D eigenvalue weighted by atomic mass is 16.5. The molecule has 2 aromatic rings. The fourth-order valence-corrected chi connectivity index (χ4v) is 2.89. The summed E-state index contributed by atoms with van der Waals surface area (Å²) in [5, 5.41) is 0. The van der Waals surface area contributed by atoms with Crippen molar-refractivity contribution in [3.8, 4) is 5.88 Å². The van der Waals surface area contributed by atoms with E-state index in [2.05, 4.69) is 15.0 Å². The van der Waals surface area contributed by atoms with Gasteiger partial charge in [0.05, 0.1) is 7.11 Å². The van der Waals surface area contributed by atoms with E-state index < -0.39 is 0 Å². The van der Waals surface area contributed by atoms with E-state index in [1.807, 2.05) is 4.57 Å². The number of anilines is 1. The number of fused-ring (bicyclic) bond motifs is 1. The van der Waals surface area contributed by atoms with Gasteiger partial charge >= 0.3 is 0 Å². The lowest BCUT2D eigenvalue weighted by Gasteiger charge is -2.22. The van der Waals surface area contributed by atoms with Gasteiger partial charge in [0, 0.05) is 6.54 Å². The minimum Gasteiger partial charge on any atom is -0.479 e. The Morgan fingerprint density at radius 3 is 2.84 bits per heavy atom. The number of methoxy groups -OCH3 is 1. The first-order valence-electron chi connectivity index (χ1n) is 6.80. The quantitative estimate of drug-likeness (QED) is 0.914. The van der Waals surface area contributed by atoms with Crippen molar-refractivity contribution in [3.63, 3.8) is 0 Å². The van der Waals surface area contributed by atoms with Crippen LogP contribution in [0, 0.1) is 5.92 Å². The molecule has 0 aromatic carbocycles. The van der Waals surface area contributed by atoms with Crippen LogP contribution in [0.25, 0.3) is 11.2 Å². The number of imidazole rings is 1. The van der Waals surface area contributed by atoms with Crippen LogP contribution in [-0.4, -0.2) is 26.6 Å². The SMILES string of the molecule is COc1ncnc2c1nc(N)n2CC1CCCCC1. The molecular formula is C13H19N5O. The van der Waals surface area contributed by atoms with E-state index in [4.69, 9.17) is 10.5 Å². The Hall–Kier alpha value is -1.85. The number of rotatable bonds is 3. The molecule has 3 rings (SSSR count). The van der Waals surface area contributed by atoms with Crippen molar-refractivity contribution in [1.82, 2.24) is 19.5 Å². The standard InChI is InChI=1S/C13H19N5O/c1-19-12-10-11(15-8-16-12)18(13(14)17-10)7-9-5-3-2-4-6-9/h8-9H,2-7H2,1H3,(H2,14,17). The second kappa shape index (κ2) is 5.03. The van der Waals surface area contributed by atoms with Crippen molar-refractivity contribution in [2.45, 2.75) is 38.6 Å². The molecule has 0 saturated heterocycles. The zero-order chi connectivity index (χ0) is 13.2. The van der Waals surface area contributed by atoms with Gasteiger partial charge in [0.1, 0.15) is 6.33 Å². The third-order valence-electron chi connectivity index (χ3n) is 3.89. The first kappa shape index (κ1) is 12.2. The molecule has 1 fully saturated rings. The summed E-state index contributed by atoms with van der Waals surface area (Å²) in [7, 11) is 1.58. The normalized spacial score (nSPS) is 16.9. The zero-order valence-electron chi connectivity index (χ0n) is 11.2. The van der Waals surface area contributed by atoms with Crippen LogP contribution < -0.4 is 10.5 Å². The van der Waals surface area contributed by atoms with Crippen molar-refractivity contribution in [1.29, 1.82) is 0 Å². The van der Waals surface area contributed by atoms with Crippen LogP contribution in [0.15, 0.2) is 6.33 Å². The molecular weight excluding hydrogens is 242 g/mol. The van der Waals surface area contributed by atoms with Crippen LogP contribution in [0.2, 0.25) is 0 Å². The summed E-state index contributed by atoms with van der Waals surface area (Å²) in [4.78, 5) is 12.7. The van der Waals surface area contributed by atoms with E-state index in [9.17, 15) is 0 Å². The highest BCUT2D eigenvalue weighted by Gasteiger charge is 2.19. The number of nitrogen functional groups attached to an aromatic ring is 1. The van der Waals surface area contributed by atoms with Crippen molar-refractivity contribution in [2.75, 3.05) is 12.8 Å². The highest BCUT2D eigenvalue weighted by Crippen LogP contribution is 2.29. The van der Waals surface area contributed by atoms with Gasteiger partial charge in [-0.25, -0.2) is 9.97 Å². The molecule has 2 heterocycles. The van der Waals surface area contributed by atoms with Gasteiger partial charge in [0.2, 0.25) is 11.8 Å². The largest absolute Gasteiger partial charge is 0.479 e. The van der Waals surface area contributed by atoms with Gasteiger partial charge in [-0.3, -0.25) is 4.57 Å². The fourth-order valence-electron chi connectivity index (χ4n) is 2.89. The summed E-state index contributed by atoms with van der Waals surface area (Å²) in [6.07, 6.45) is 8.01. The molecule has 1 aliphatic carbocycles. The maximum atomic E-state index is 6.02.